The average molecular weight is 309 g/mol. The monoisotopic (exact) mass is 309 g/mol. The van der Waals surface area contributed by atoms with Crippen molar-refractivity contribution in [3.05, 3.63) is 83.7 Å². The number of nitrogens with one attached hydrogen (secondary N) is 1. The van der Waals surface area contributed by atoms with Crippen LogP contribution in [0.5, 0.6) is 0 Å². The molecule has 3 nitrogen and oxygen atoms in total. The fourth-order valence-corrected chi connectivity index (χ4v) is 2.51. The third kappa shape index (κ3) is 3.38. The minimum absolute atomic E-state index is 0.0632. The van der Waals surface area contributed by atoms with Crippen LogP contribution in [0.4, 0.5) is 4.39 Å². The van der Waals surface area contributed by atoms with E-state index in [9.17, 15) is 14.3 Å². The molecule has 0 aliphatic carbocycles. The highest BCUT2D eigenvalue weighted by atomic mass is 19.1. The number of halogens is 1. The third-order valence-corrected chi connectivity index (χ3v) is 3.75. The molecule has 2 N–H and O–H groups in total. The molecule has 0 radical (unpaired) electrons. The molecule has 0 spiro atoms. The van der Waals surface area contributed by atoms with Gasteiger partial charge in [-0.05, 0) is 34.5 Å². The maximum absolute atomic E-state index is 12.9. The molecule has 116 valence electrons. The molecule has 0 saturated heterocycles. The Kier molecular flexibility index (Phi) is 4.35. The first-order valence-corrected chi connectivity index (χ1v) is 7.34. The molecule has 0 aliphatic heterocycles. The van der Waals surface area contributed by atoms with Gasteiger partial charge in [0.25, 0.3) is 5.91 Å². The lowest BCUT2D eigenvalue weighted by atomic mass is 10.0. The first kappa shape index (κ1) is 15.2. The molecule has 0 fully saturated rings. The van der Waals surface area contributed by atoms with E-state index in [1.54, 1.807) is 6.07 Å². The molecule has 0 heterocycles. The van der Waals surface area contributed by atoms with Crippen molar-refractivity contribution >= 4 is 16.7 Å². The molecule has 23 heavy (non-hydrogen) atoms. The smallest absolute Gasteiger partial charge is 0.252 e. The van der Waals surface area contributed by atoms with Gasteiger partial charge >= 0.3 is 0 Å². The Morgan fingerprint density at radius 1 is 1.00 bits per heavy atom. The lowest BCUT2D eigenvalue weighted by Crippen LogP contribution is -2.28. The fraction of sp³-hybridized carbons (Fsp3) is 0.105. The van der Waals surface area contributed by atoms with E-state index in [4.69, 9.17) is 0 Å². The molecule has 3 rings (SSSR count). The summed E-state index contributed by atoms with van der Waals surface area (Å²) in [5, 5.41) is 14.7. The minimum Gasteiger partial charge on any atom is -0.387 e. The van der Waals surface area contributed by atoms with Gasteiger partial charge in [-0.25, -0.2) is 4.39 Å². The molecule has 1 atom stereocenters. The fourth-order valence-electron chi connectivity index (χ4n) is 2.51. The van der Waals surface area contributed by atoms with Crippen LogP contribution in [0.15, 0.2) is 66.7 Å². The Labute approximate surface area is 133 Å². The normalized spacial score (nSPS) is 12.1. The van der Waals surface area contributed by atoms with Gasteiger partial charge in [0.05, 0.1) is 6.10 Å². The summed E-state index contributed by atoms with van der Waals surface area (Å²) in [7, 11) is 0. The Morgan fingerprint density at radius 3 is 2.48 bits per heavy atom. The van der Waals surface area contributed by atoms with Crippen LogP contribution >= 0.6 is 0 Å². The summed E-state index contributed by atoms with van der Waals surface area (Å²) in [4.78, 5) is 12.4. The topological polar surface area (TPSA) is 49.3 Å². The number of rotatable bonds is 4. The number of hydrogen-bond acceptors (Lipinski definition) is 2. The summed E-state index contributed by atoms with van der Waals surface area (Å²) in [5.74, 6) is -0.608. The van der Waals surface area contributed by atoms with Crippen molar-refractivity contribution in [3.63, 3.8) is 0 Å². The van der Waals surface area contributed by atoms with Crippen LogP contribution in [0.1, 0.15) is 22.0 Å². The molecule has 0 bridgehead atoms. The molecule has 3 aromatic rings. The highest BCUT2D eigenvalue weighted by Gasteiger charge is 2.13. The Bertz CT molecular complexity index is 825. The lowest BCUT2D eigenvalue weighted by Gasteiger charge is -2.13. The van der Waals surface area contributed by atoms with Crippen LogP contribution in [0, 0.1) is 5.82 Å². The van der Waals surface area contributed by atoms with Crippen molar-refractivity contribution in [2.75, 3.05) is 6.54 Å². The summed E-state index contributed by atoms with van der Waals surface area (Å²) in [6, 6.07) is 18.7. The van der Waals surface area contributed by atoms with E-state index in [0.29, 0.717) is 11.1 Å². The predicted molar refractivity (Wildman–Crippen MR) is 87.6 cm³/mol. The summed E-state index contributed by atoms with van der Waals surface area (Å²) in [6.07, 6.45) is -0.880. The van der Waals surface area contributed by atoms with Crippen molar-refractivity contribution in [2.24, 2.45) is 0 Å². The second-order valence-electron chi connectivity index (χ2n) is 5.30. The van der Waals surface area contributed by atoms with Crippen LogP contribution in [0.2, 0.25) is 0 Å². The lowest BCUT2D eigenvalue weighted by molar-refractivity contribution is 0.0918. The van der Waals surface area contributed by atoms with Crippen LogP contribution in [-0.4, -0.2) is 17.6 Å². The quantitative estimate of drug-likeness (QED) is 0.775. The molecular weight excluding hydrogens is 293 g/mol. The first-order valence-electron chi connectivity index (χ1n) is 7.34. The second-order valence-corrected chi connectivity index (χ2v) is 5.30. The van der Waals surface area contributed by atoms with Gasteiger partial charge in [0.1, 0.15) is 5.82 Å². The zero-order chi connectivity index (χ0) is 16.2. The third-order valence-electron chi connectivity index (χ3n) is 3.75. The maximum atomic E-state index is 12.9. The van der Waals surface area contributed by atoms with E-state index >= 15 is 0 Å². The van der Waals surface area contributed by atoms with Gasteiger partial charge in [-0.2, -0.15) is 0 Å². The number of aliphatic hydroxyl groups excluding tert-OH is 1. The number of fused-ring (bicyclic) bond motifs is 1. The van der Waals surface area contributed by atoms with E-state index in [-0.39, 0.29) is 18.3 Å². The van der Waals surface area contributed by atoms with Crippen molar-refractivity contribution in [1.82, 2.24) is 5.32 Å². The van der Waals surface area contributed by atoms with Gasteiger partial charge in [-0.15, -0.1) is 0 Å². The standard InChI is InChI=1S/C19H16FNO2/c20-15-10-8-14(9-11-15)18(22)12-21-19(23)17-7-3-5-13-4-1-2-6-16(13)17/h1-11,18,22H,12H2,(H,21,23). The highest BCUT2D eigenvalue weighted by Crippen LogP contribution is 2.19. The van der Waals surface area contributed by atoms with Crippen LogP contribution < -0.4 is 5.32 Å². The van der Waals surface area contributed by atoms with E-state index in [1.165, 1.54) is 24.3 Å². The number of hydrogen-bond donors (Lipinski definition) is 2. The van der Waals surface area contributed by atoms with Gasteiger partial charge < -0.3 is 10.4 Å². The molecule has 3 aromatic carbocycles. The second kappa shape index (κ2) is 6.58. The van der Waals surface area contributed by atoms with Crippen LogP contribution in [0.25, 0.3) is 10.8 Å². The molecule has 0 aromatic heterocycles. The average Bonchev–Trinajstić information content (AvgIpc) is 2.59. The van der Waals surface area contributed by atoms with Gasteiger partial charge in [-0.3, -0.25) is 4.79 Å². The molecular formula is C19H16FNO2. The van der Waals surface area contributed by atoms with E-state index < -0.39 is 6.10 Å². The molecule has 0 aliphatic rings. The molecule has 1 unspecified atom stereocenters. The van der Waals surface area contributed by atoms with E-state index in [1.807, 2.05) is 36.4 Å². The van der Waals surface area contributed by atoms with Gasteiger partial charge in [0.2, 0.25) is 0 Å². The van der Waals surface area contributed by atoms with Gasteiger partial charge in [0, 0.05) is 12.1 Å². The molecule has 4 heteroatoms. The number of amides is 1. The predicted octanol–water partition coefficient (Wildman–Crippen LogP) is 3.44. The van der Waals surface area contributed by atoms with E-state index in [0.717, 1.165) is 10.8 Å². The summed E-state index contributed by atoms with van der Waals surface area (Å²) in [5.41, 5.74) is 1.12. The largest absolute Gasteiger partial charge is 0.387 e. The summed E-state index contributed by atoms with van der Waals surface area (Å²) < 4.78 is 12.9. The number of carbonyl (C=O) groups is 1. The summed E-state index contributed by atoms with van der Waals surface area (Å²) in [6.45, 7) is 0.0632. The Balaban J connectivity index is 1.72. The summed E-state index contributed by atoms with van der Waals surface area (Å²) >= 11 is 0. The molecule has 0 saturated carbocycles. The molecule has 1 amide bonds. The number of aliphatic hydroxyl groups is 1. The minimum atomic E-state index is -0.880. The van der Waals surface area contributed by atoms with Gasteiger partial charge in [0.15, 0.2) is 0 Å². The van der Waals surface area contributed by atoms with Crippen molar-refractivity contribution < 1.29 is 14.3 Å². The van der Waals surface area contributed by atoms with Crippen LogP contribution in [-0.2, 0) is 0 Å². The van der Waals surface area contributed by atoms with Crippen LogP contribution in [0.3, 0.4) is 0 Å². The van der Waals surface area contributed by atoms with Gasteiger partial charge in [-0.1, -0.05) is 48.5 Å². The zero-order valence-electron chi connectivity index (χ0n) is 12.4. The van der Waals surface area contributed by atoms with E-state index in [2.05, 4.69) is 5.32 Å². The number of benzene rings is 3. The van der Waals surface area contributed by atoms with Crippen molar-refractivity contribution in [1.29, 1.82) is 0 Å². The van der Waals surface area contributed by atoms with Crippen molar-refractivity contribution in [3.8, 4) is 0 Å². The highest BCUT2D eigenvalue weighted by molar-refractivity contribution is 6.06. The van der Waals surface area contributed by atoms with Crippen molar-refractivity contribution in [2.45, 2.75) is 6.10 Å². The SMILES string of the molecule is O=C(NCC(O)c1ccc(F)cc1)c1cccc2ccccc12. The first-order chi connectivity index (χ1) is 11.1. The Morgan fingerprint density at radius 2 is 1.70 bits per heavy atom. The number of carbonyl (C=O) groups excluding carboxylic acids is 1. The zero-order valence-corrected chi connectivity index (χ0v) is 12.4. The maximum Gasteiger partial charge on any atom is 0.252 e. The Hall–Kier alpha value is -2.72.